The zero-order chi connectivity index (χ0) is 16.2. The van der Waals surface area contributed by atoms with Gasteiger partial charge in [0, 0.05) is 30.6 Å². The van der Waals surface area contributed by atoms with Crippen LogP contribution >= 0.6 is 0 Å². The zero-order valence-corrected chi connectivity index (χ0v) is 13.0. The maximum Gasteiger partial charge on any atom is 0.323 e. The molecule has 23 heavy (non-hydrogen) atoms. The molecule has 2 amide bonds. The summed E-state index contributed by atoms with van der Waals surface area (Å²) in [6, 6.07) is 10.8. The lowest BCUT2D eigenvalue weighted by molar-refractivity contribution is 0.0859. The first-order valence-corrected chi connectivity index (χ1v) is 7.72. The average Bonchev–Trinajstić information content (AvgIpc) is 3.00. The van der Waals surface area contributed by atoms with E-state index in [0.717, 1.165) is 5.56 Å². The largest absolute Gasteiger partial charge is 0.360 e. The molecule has 0 atom stereocenters. The van der Waals surface area contributed by atoms with Crippen molar-refractivity contribution < 1.29 is 14.1 Å². The number of carbonyl (C=O) groups is 2. The van der Waals surface area contributed by atoms with E-state index in [1.54, 1.807) is 17.9 Å². The van der Waals surface area contributed by atoms with Gasteiger partial charge < -0.3 is 9.42 Å². The van der Waals surface area contributed by atoms with Crippen LogP contribution in [0.15, 0.2) is 40.9 Å². The van der Waals surface area contributed by atoms with Gasteiger partial charge >= 0.3 is 6.03 Å². The summed E-state index contributed by atoms with van der Waals surface area (Å²) in [4.78, 5) is 26.3. The highest BCUT2D eigenvalue weighted by atomic mass is 16.5. The van der Waals surface area contributed by atoms with Gasteiger partial charge in [0.25, 0.3) is 0 Å². The third kappa shape index (κ3) is 3.59. The van der Waals surface area contributed by atoms with Crippen molar-refractivity contribution in [3.05, 3.63) is 47.7 Å². The number of nitrogens with zero attached hydrogens (tertiary/aromatic N) is 2. The summed E-state index contributed by atoms with van der Waals surface area (Å²) in [5, 5.41) is 6.45. The minimum atomic E-state index is -0.205. The lowest BCUT2D eigenvalue weighted by atomic mass is 9.89. The van der Waals surface area contributed by atoms with Crippen LogP contribution in [0.5, 0.6) is 0 Å². The molecule has 0 bridgehead atoms. The molecule has 1 aromatic carbocycles. The van der Waals surface area contributed by atoms with Gasteiger partial charge in [0.05, 0.1) is 0 Å². The SMILES string of the molecule is Cc1cc(NC(=O)N2CCC(C(=O)c3ccccc3)CC2)no1. The monoisotopic (exact) mass is 313 g/mol. The van der Waals surface area contributed by atoms with Crippen LogP contribution in [0.25, 0.3) is 0 Å². The summed E-state index contributed by atoms with van der Waals surface area (Å²) >= 11 is 0. The molecule has 0 radical (unpaired) electrons. The molecule has 1 aliphatic rings. The number of nitrogens with one attached hydrogen (secondary N) is 1. The maximum atomic E-state index is 12.4. The number of amides is 2. The second kappa shape index (κ2) is 6.64. The minimum Gasteiger partial charge on any atom is -0.360 e. The Bertz CT molecular complexity index is 688. The Labute approximate surface area is 134 Å². The predicted octanol–water partition coefficient (Wildman–Crippen LogP) is 3.11. The van der Waals surface area contributed by atoms with Crippen LogP contribution in [0, 0.1) is 12.8 Å². The molecule has 1 N–H and O–H groups in total. The van der Waals surface area contributed by atoms with E-state index in [2.05, 4.69) is 10.5 Å². The third-order valence-corrected chi connectivity index (χ3v) is 4.07. The highest BCUT2D eigenvalue weighted by molar-refractivity contribution is 5.98. The number of urea groups is 1. The van der Waals surface area contributed by atoms with E-state index in [9.17, 15) is 9.59 Å². The van der Waals surface area contributed by atoms with Crippen molar-refractivity contribution in [2.24, 2.45) is 5.92 Å². The van der Waals surface area contributed by atoms with Gasteiger partial charge in [-0.25, -0.2) is 4.79 Å². The lowest BCUT2D eigenvalue weighted by Crippen LogP contribution is -2.42. The molecule has 2 aromatic rings. The average molecular weight is 313 g/mol. The van der Waals surface area contributed by atoms with Gasteiger partial charge in [0.15, 0.2) is 11.6 Å². The first kappa shape index (κ1) is 15.3. The fourth-order valence-corrected chi connectivity index (χ4v) is 2.80. The number of aryl methyl sites for hydroxylation is 1. The van der Waals surface area contributed by atoms with Crippen LogP contribution in [0.1, 0.15) is 29.0 Å². The molecule has 2 heterocycles. The minimum absolute atomic E-state index is 0.0178. The van der Waals surface area contributed by atoms with Gasteiger partial charge in [0.1, 0.15) is 5.76 Å². The van der Waals surface area contributed by atoms with Gasteiger partial charge in [-0.2, -0.15) is 0 Å². The second-order valence-corrected chi connectivity index (χ2v) is 5.74. The van der Waals surface area contributed by atoms with E-state index in [4.69, 9.17) is 4.52 Å². The number of hydrogen-bond acceptors (Lipinski definition) is 4. The molecule has 0 unspecified atom stereocenters. The van der Waals surface area contributed by atoms with Crippen LogP contribution < -0.4 is 5.32 Å². The van der Waals surface area contributed by atoms with Gasteiger partial charge in [-0.1, -0.05) is 35.5 Å². The predicted molar refractivity (Wildman–Crippen MR) is 85.3 cm³/mol. The third-order valence-electron chi connectivity index (χ3n) is 4.07. The highest BCUT2D eigenvalue weighted by Gasteiger charge is 2.28. The quantitative estimate of drug-likeness (QED) is 0.883. The van der Waals surface area contributed by atoms with Crippen molar-refractivity contribution in [1.29, 1.82) is 0 Å². The summed E-state index contributed by atoms with van der Waals surface area (Å²) in [7, 11) is 0. The number of hydrogen-bond donors (Lipinski definition) is 1. The number of likely N-dealkylation sites (tertiary alicyclic amines) is 1. The molecule has 6 heteroatoms. The highest BCUT2D eigenvalue weighted by Crippen LogP contribution is 2.22. The van der Waals surface area contributed by atoms with Crippen LogP contribution in [-0.4, -0.2) is 35.0 Å². The van der Waals surface area contributed by atoms with E-state index in [1.807, 2.05) is 30.3 Å². The number of piperidine rings is 1. The van der Waals surface area contributed by atoms with Crippen LogP contribution in [0.2, 0.25) is 0 Å². The summed E-state index contributed by atoms with van der Waals surface area (Å²) in [6.07, 6.45) is 1.36. The molecule has 0 spiro atoms. The fraction of sp³-hybridized carbons (Fsp3) is 0.353. The van der Waals surface area contributed by atoms with E-state index >= 15 is 0 Å². The van der Waals surface area contributed by atoms with Gasteiger partial charge in [-0.15, -0.1) is 0 Å². The van der Waals surface area contributed by atoms with E-state index in [1.165, 1.54) is 0 Å². The fourth-order valence-electron chi connectivity index (χ4n) is 2.80. The summed E-state index contributed by atoms with van der Waals surface area (Å²) in [5.74, 6) is 1.20. The van der Waals surface area contributed by atoms with Crippen LogP contribution in [-0.2, 0) is 0 Å². The maximum absolute atomic E-state index is 12.4. The number of Topliss-reactive ketones (excluding diaryl/α,β-unsaturated/α-hetero) is 1. The molecule has 0 saturated carbocycles. The first-order chi connectivity index (χ1) is 11.1. The van der Waals surface area contributed by atoms with Crippen LogP contribution in [0.3, 0.4) is 0 Å². The Morgan fingerprint density at radius 1 is 1.22 bits per heavy atom. The number of rotatable bonds is 3. The van der Waals surface area contributed by atoms with Crippen molar-refractivity contribution >= 4 is 17.6 Å². The van der Waals surface area contributed by atoms with E-state index < -0.39 is 0 Å². The summed E-state index contributed by atoms with van der Waals surface area (Å²) in [5.41, 5.74) is 0.744. The number of benzene rings is 1. The van der Waals surface area contributed by atoms with Crippen molar-refractivity contribution in [2.75, 3.05) is 18.4 Å². The molecule has 1 aromatic heterocycles. The molecule has 1 aliphatic heterocycles. The topological polar surface area (TPSA) is 75.4 Å². The molecule has 120 valence electrons. The number of carbonyl (C=O) groups excluding carboxylic acids is 2. The molecule has 1 fully saturated rings. The molecule has 0 aliphatic carbocycles. The van der Waals surface area contributed by atoms with Gasteiger partial charge in [-0.05, 0) is 19.8 Å². The van der Waals surface area contributed by atoms with Crippen molar-refractivity contribution in [1.82, 2.24) is 10.1 Å². The van der Waals surface area contributed by atoms with Gasteiger partial charge in [0.2, 0.25) is 0 Å². The Balaban J connectivity index is 1.54. The van der Waals surface area contributed by atoms with Crippen molar-refractivity contribution in [2.45, 2.75) is 19.8 Å². The van der Waals surface area contributed by atoms with Gasteiger partial charge in [-0.3, -0.25) is 10.1 Å². The Hall–Kier alpha value is -2.63. The normalized spacial score (nSPS) is 15.4. The summed E-state index contributed by atoms with van der Waals surface area (Å²) in [6.45, 7) is 2.89. The summed E-state index contributed by atoms with van der Waals surface area (Å²) < 4.78 is 4.92. The number of ketones is 1. The smallest absolute Gasteiger partial charge is 0.323 e. The molecule has 6 nitrogen and oxygen atoms in total. The molecule has 1 saturated heterocycles. The Kier molecular flexibility index (Phi) is 4.41. The molecule has 3 rings (SSSR count). The van der Waals surface area contributed by atoms with E-state index in [0.29, 0.717) is 37.5 Å². The zero-order valence-electron chi connectivity index (χ0n) is 13.0. The Morgan fingerprint density at radius 2 is 1.91 bits per heavy atom. The van der Waals surface area contributed by atoms with Crippen molar-refractivity contribution in [3.8, 4) is 0 Å². The Morgan fingerprint density at radius 3 is 2.52 bits per heavy atom. The number of anilines is 1. The standard InChI is InChI=1S/C17H19N3O3/c1-12-11-15(19-23-12)18-17(22)20-9-7-14(8-10-20)16(21)13-5-3-2-4-6-13/h2-6,11,14H,7-10H2,1H3,(H,18,19,22). The molecular weight excluding hydrogens is 294 g/mol. The van der Waals surface area contributed by atoms with Crippen LogP contribution in [0.4, 0.5) is 10.6 Å². The van der Waals surface area contributed by atoms with Crippen molar-refractivity contribution in [3.63, 3.8) is 0 Å². The second-order valence-electron chi connectivity index (χ2n) is 5.74. The first-order valence-electron chi connectivity index (χ1n) is 7.72. The van der Waals surface area contributed by atoms with E-state index in [-0.39, 0.29) is 17.7 Å². The number of aromatic nitrogens is 1. The lowest BCUT2D eigenvalue weighted by Gasteiger charge is -2.31. The molecular formula is C17H19N3O3.